The normalized spacial score (nSPS) is 19.2. The SMILES string of the molecule is Cc1cc(=O)c(C(=O)NCC2CCCO2)c[nH]1. The van der Waals surface area contributed by atoms with Gasteiger partial charge in [0, 0.05) is 31.1 Å². The fourth-order valence-corrected chi connectivity index (χ4v) is 1.86. The maximum Gasteiger partial charge on any atom is 0.256 e. The third-order valence-electron chi connectivity index (χ3n) is 2.82. The summed E-state index contributed by atoms with van der Waals surface area (Å²) in [4.78, 5) is 26.2. The third kappa shape index (κ3) is 2.94. The molecule has 1 aromatic rings. The van der Waals surface area contributed by atoms with E-state index in [0.29, 0.717) is 6.54 Å². The second-order valence-electron chi connectivity index (χ2n) is 4.24. The van der Waals surface area contributed by atoms with Gasteiger partial charge in [0.25, 0.3) is 5.91 Å². The molecule has 1 unspecified atom stereocenters. The topological polar surface area (TPSA) is 71.2 Å². The quantitative estimate of drug-likeness (QED) is 0.807. The van der Waals surface area contributed by atoms with Crippen LogP contribution in [0.25, 0.3) is 0 Å². The van der Waals surface area contributed by atoms with E-state index in [-0.39, 0.29) is 23.0 Å². The standard InChI is InChI=1S/C12H16N2O3/c1-8-5-11(15)10(7-13-8)12(16)14-6-9-3-2-4-17-9/h5,7,9H,2-4,6H2,1H3,(H,13,15)(H,14,16). The Kier molecular flexibility index (Phi) is 3.58. The number of amides is 1. The van der Waals surface area contributed by atoms with Crippen LogP contribution >= 0.6 is 0 Å². The molecule has 1 amide bonds. The second kappa shape index (κ2) is 5.14. The number of aromatic amines is 1. The predicted molar refractivity (Wildman–Crippen MR) is 63.1 cm³/mol. The van der Waals surface area contributed by atoms with E-state index in [9.17, 15) is 9.59 Å². The lowest BCUT2D eigenvalue weighted by Crippen LogP contribution is -2.34. The molecule has 5 heteroatoms. The van der Waals surface area contributed by atoms with Gasteiger partial charge in [-0.1, -0.05) is 0 Å². The Morgan fingerprint density at radius 2 is 2.47 bits per heavy atom. The van der Waals surface area contributed by atoms with Crippen LogP contribution in [-0.4, -0.2) is 30.1 Å². The fraction of sp³-hybridized carbons (Fsp3) is 0.500. The first-order valence-electron chi connectivity index (χ1n) is 5.76. The Balaban J connectivity index is 1.97. The molecule has 0 saturated carbocycles. The summed E-state index contributed by atoms with van der Waals surface area (Å²) in [7, 11) is 0. The number of carbonyl (C=O) groups is 1. The molecule has 2 rings (SSSR count). The van der Waals surface area contributed by atoms with E-state index >= 15 is 0 Å². The number of ether oxygens (including phenoxy) is 1. The summed E-state index contributed by atoms with van der Waals surface area (Å²) < 4.78 is 5.39. The van der Waals surface area contributed by atoms with Gasteiger partial charge in [-0.15, -0.1) is 0 Å². The van der Waals surface area contributed by atoms with E-state index in [1.165, 1.54) is 12.3 Å². The van der Waals surface area contributed by atoms with Crippen molar-refractivity contribution < 1.29 is 9.53 Å². The molecule has 1 aliphatic rings. The summed E-state index contributed by atoms with van der Waals surface area (Å²) in [5.41, 5.74) is 0.630. The highest BCUT2D eigenvalue weighted by atomic mass is 16.5. The number of rotatable bonds is 3. The smallest absolute Gasteiger partial charge is 0.256 e. The van der Waals surface area contributed by atoms with E-state index in [1.807, 2.05) is 0 Å². The average molecular weight is 236 g/mol. The number of aryl methyl sites for hydroxylation is 1. The largest absolute Gasteiger partial charge is 0.376 e. The van der Waals surface area contributed by atoms with Crippen molar-refractivity contribution in [3.8, 4) is 0 Å². The van der Waals surface area contributed by atoms with Crippen molar-refractivity contribution >= 4 is 5.91 Å². The minimum Gasteiger partial charge on any atom is -0.376 e. The molecule has 17 heavy (non-hydrogen) atoms. The first-order chi connectivity index (χ1) is 8.16. The first-order valence-corrected chi connectivity index (χ1v) is 5.76. The van der Waals surface area contributed by atoms with E-state index in [4.69, 9.17) is 4.74 Å². The second-order valence-corrected chi connectivity index (χ2v) is 4.24. The van der Waals surface area contributed by atoms with Crippen molar-refractivity contribution in [3.63, 3.8) is 0 Å². The van der Waals surface area contributed by atoms with Gasteiger partial charge in [0.15, 0.2) is 5.43 Å². The van der Waals surface area contributed by atoms with Crippen molar-refractivity contribution in [1.82, 2.24) is 10.3 Å². The fourth-order valence-electron chi connectivity index (χ4n) is 1.86. The summed E-state index contributed by atoms with van der Waals surface area (Å²) in [6.07, 6.45) is 3.53. The zero-order valence-electron chi connectivity index (χ0n) is 9.79. The van der Waals surface area contributed by atoms with Crippen LogP contribution in [0.2, 0.25) is 0 Å². The van der Waals surface area contributed by atoms with Crippen molar-refractivity contribution in [2.75, 3.05) is 13.2 Å². The summed E-state index contributed by atoms with van der Waals surface area (Å²) in [5.74, 6) is -0.346. The van der Waals surface area contributed by atoms with Crippen LogP contribution in [0.4, 0.5) is 0 Å². The van der Waals surface area contributed by atoms with Gasteiger partial charge < -0.3 is 15.0 Å². The average Bonchev–Trinajstić information content (AvgIpc) is 2.78. The van der Waals surface area contributed by atoms with Crippen molar-refractivity contribution in [2.24, 2.45) is 0 Å². The summed E-state index contributed by atoms with van der Waals surface area (Å²) >= 11 is 0. The van der Waals surface area contributed by atoms with E-state index in [0.717, 1.165) is 25.1 Å². The predicted octanol–water partition coefficient (Wildman–Crippen LogP) is 0.592. The monoisotopic (exact) mass is 236 g/mol. The van der Waals surface area contributed by atoms with Crippen LogP contribution in [-0.2, 0) is 4.74 Å². The molecule has 1 saturated heterocycles. The molecule has 2 N–H and O–H groups in total. The van der Waals surface area contributed by atoms with Gasteiger partial charge >= 0.3 is 0 Å². The van der Waals surface area contributed by atoms with Gasteiger partial charge in [-0.2, -0.15) is 0 Å². The van der Waals surface area contributed by atoms with Crippen LogP contribution in [0.1, 0.15) is 28.9 Å². The molecule has 0 aliphatic carbocycles. The number of carbonyl (C=O) groups excluding carboxylic acids is 1. The van der Waals surface area contributed by atoms with Gasteiger partial charge in [-0.05, 0) is 19.8 Å². The molecule has 1 fully saturated rings. The lowest BCUT2D eigenvalue weighted by atomic mass is 10.2. The van der Waals surface area contributed by atoms with E-state index in [2.05, 4.69) is 10.3 Å². The van der Waals surface area contributed by atoms with Gasteiger partial charge in [0.1, 0.15) is 5.56 Å². The maximum absolute atomic E-state index is 11.7. The molecule has 1 aliphatic heterocycles. The molecule has 0 bridgehead atoms. The highest BCUT2D eigenvalue weighted by molar-refractivity contribution is 5.93. The highest BCUT2D eigenvalue weighted by Gasteiger charge is 2.17. The van der Waals surface area contributed by atoms with Gasteiger partial charge in [0.2, 0.25) is 0 Å². The minimum absolute atomic E-state index is 0.0866. The number of pyridine rings is 1. The first kappa shape index (κ1) is 11.9. The van der Waals surface area contributed by atoms with Crippen LogP contribution in [0, 0.1) is 6.92 Å². The molecule has 1 aromatic heterocycles. The van der Waals surface area contributed by atoms with Crippen molar-refractivity contribution in [1.29, 1.82) is 0 Å². The highest BCUT2D eigenvalue weighted by Crippen LogP contribution is 2.10. The molecule has 0 radical (unpaired) electrons. The number of H-pyrrole nitrogens is 1. The summed E-state index contributed by atoms with van der Waals surface area (Å²) in [6.45, 7) is 2.99. The molecule has 0 aromatic carbocycles. The van der Waals surface area contributed by atoms with Crippen molar-refractivity contribution in [2.45, 2.75) is 25.9 Å². The molecule has 0 spiro atoms. The van der Waals surface area contributed by atoms with Crippen LogP contribution in [0.3, 0.4) is 0 Å². The van der Waals surface area contributed by atoms with E-state index < -0.39 is 0 Å². The minimum atomic E-state index is -0.346. The number of hydrogen-bond acceptors (Lipinski definition) is 3. The molecular weight excluding hydrogens is 220 g/mol. The Labute approximate surface area is 99.2 Å². The van der Waals surface area contributed by atoms with Crippen LogP contribution in [0.15, 0.2) is 17.1 Å². The van der Waals surface area contributed by atoms with Gasteiger partial charge in [-0.3, -0.25) is 9.59 Å². The summed E-state index contributed by atoms with van der Waals surface area (Å²) in [5, 5.41) is 2.72. The van der Waals surface area contributed by atoms with Crippen molar-refractivity contribution in [3.05, 3.63) is 33.7 Å². The zero-order valence-corrected chi connectivity index (χ0v) is 9.79. The molecule has 92 valence electrons. The zero-order chi connectivity index (χ0) is 12.3. The molecular formula is C12H16N2O3. The number of nitrogens with one attached hydrogen (secondary N) is 2. The molecule has 2 heterocycles. The Morgan fingerprint density at radius 1 is 1.65 bits per heavy atom. The lowest BCUT2D eigenvalue weighted by Gasteiger charge is -2.10. The van der Waals surface area contributed by atoms with Gasteiger partial charge in [-0.25, -0.2) is 0 Å². The number of hydrogen-bond donors (Lipinski definition) is 2. The summed E-state index contributed by atoms with van der Waals surface area (Å²) in [6, 6.07) is 1.42. The number of aromatic nitrogens is 1. The van der Waals surface area contributed by atoms with Crippen LogP contribution < -0.4 is 10.7 Å². The van der Waals surface area contributed by atoms with E-state index in [1.54, 1.807) is 6.92 Å². The molecule has 5 nitrogen and oxygen atoms in total. The third-order valence-corrected chi connectivity index (χ3v) is 2.82. The Bertz CT molecular complexity index is 461. The van der Waals surface area contributed by atoms with Crippen LogP contribution in [0.5, 0.6) is 0 Å². The lowest BCUT2D eigenvalue weighted by molar-refractivity contribution is 0.0856. The Morgan fingerprint density at radius 3 is 3.12 bits per heavy atom. The maximum atomic E-state index is 11.7. The Hall–Kier alpha value is -1.62. The molecule has 1 atom stereocenters. The van der Waals surface area contributed by atoms with Gasteiger partial charge in [0.05, 0.1) is 6.10 Å².